The van der Waals surface area contributed by atoms with Crippen molar-refractivity contribution in [3.05, 3.63) is 57.9 Å². The van der Waals surface area contributed by atoms with Gasteiger partial charge in [-0.15, -0.1) is 11.3 Å². The van der Waals surface area contributed by atoms with Gasteiger partial charge in [0.25, 0.3) is 0 Å². The number of ketones is 1. The molecule has 0 bridgehead atoms. The summed E-state index contributed by atoms with van der Waals surface area (Å²) >= 11 is 1.57. The van der Waals surface area contributed by atoms with Gasteiger partial charge in [0.2, 0.25) is 0 Å². The van der Waals surface area contributed by atoms with E-state index in [0.29, 0.717) is 31.8 Å². The Hall–Kier alpha value is -2.64. The van der Waals surface area contributed by atoms with Gasteiger partial charge >= 0.3 is 6.03 Å². The molecule has 7 heteroatoms. The Bertz CT molecular complexity index is 1010. The van der Waals surface area contributed by atoms with Gasteiger partial charge in [-0.25, -0.2) is 4.79 Å². The molecule has 2 heterocycles. The first-order valence-electron chi connectivity index (χ1n) is 11.2. The summed E-state index contributed by atoms with van der Waals surface area (Å²) < 4.78 is 5.40. The van der Waals surface area contributed by atoms with E-state index in [4.69, 9.17) is 4.74 Å². The number of rotatable bonds is 6. The third-order valence-corrected chi connectivity index (χ3v) is 6.80. The lowest BCUT2D eigenvalue weighted by molar-refractivity contribution is -0.118. The van der Waals surface area contributed by atoms with Crippen LogP contribution in [0, 0.1) is 5.41 Å². The fraction of sp³-hybridized carbons (Fsp3) is 0.440. The number of nitrogens with one attached hydrogen (secondary N) is 2. The fourth-order valence-electron chi connectivity index (χ4n) is 4.53. The highest BCUT2D eigenvalue weighted by atomic mass is 32.1. The molecule has 0 fully saturated rings. The Balaban J connectivity index is 1.78. The number of allylic oxidation sites excluding steroid dienone is 1. The standard InChI is InChI=1S/C25H31N3O3S/c1-4-31-13-8-12-26-24(30)28-19-10-6-5-9-17(19)27-18-15-25(2,3)16-20(29)22(18)23(28)21-11-7-14-32-21/h5-7,9-11,14,23,27H,4,8,12-13,15-16H2,1-3H3,(H,26,30). The van der Waals surface area contributed by atoms with Gasteiger partial charge in [-0.1, -0.05) is 32.0 Å². The Morgan fingerprint density at radius 2 is 2.06 bits per heavy atom. The molecule has 0 radical (unpaired) electrons. The molecule has 4 rings (SSSR count). The quantitative estimate of drug-likeness (QED) is 0.567. The predicted octanol–water partition coefficient (Wildman–Crippen LogP) is 5.50. The van der Waals surface area contributed by atoms with Crippen LogP contribution < -0.4 is 15.5 Å². The molecule has 2 aliphatic rings. The average molecular weight is 454 g/mol. The third-order valence-electron chi connectivity index (χ3n) is 5.88. The molecule has 2 N–H and O–H groups in total. The maximum atomic E-state index is 13.6. The molecule has 0 saturated carbocycles. The zero-order valence-corrected chi connectivity index (χ0v) is 19.8. The van der Waals surface area contributed by atoms with Gasteiger partial charge in [-0.3, -0.25) is 9.69 Å². The molecule has 170 valence electrons. The van der Waals surface area contributed by atoms with Crippen LogP contribution in [0.4, 0.5) is 16.2 Å². The lowest BCUT2D eigenvalue weighted by Crippen LogP contribution is -2.45. The fourth-order valence-corrected chi connectivity index (χ4v) is 5.35. The number of ether oxygens (including phenoxy) is 1. The number of fused-ring (bicyclic) bond motifs is 1. The van der Waals surface area contributed by atoms with Crippen LogP contribution in [-0.4, -0.2) is 31.6 Å². The van der Waals surface area contributed by atoms with E-state index in [1.165, 1.54) is 0 Å². The maximum Gasteiger partial charge on any atom is 0.322 e. The molecule has 32 heavy (non-hydrogen) atoms. The summed E-state index contributed by atoms with van der Waals surface area (Å²) in [5, 5.41) is 8.57. The lowest BCUT2D eigenvalue weighted by atomic mass is 9.74. The summed E-state index contributed by atoms with van der Waals surface area (Å²) in [7, 11) is 0. The molecule has 2 amide bonds. The van der Waals surface area contributed by atoms with Crippen LogP contribution in [0.1, 0.15) is 51.0 Å². The summed E-state index contributed by atoms with van der Waals surface area (Å²) in [6, 6.07) is 11.1. The predicted molar refractivity (Wildman–Crippen MR) is 129 cm³/mol. The van der Waals surface area contributed by atoms with Crippen molar-refractivity contribution in [2.75, 3.05) is 30.0 Å². The largest absolute Gasteiger partial charge is 0.382 e. The molecule has 1 aliphatic heterocycles. The highest BCUT2D eigenvalue weighted by Crippen LogP contribution is 2.48. The van der Waals surface area contributed by atoms with Crippen molar-refractivity contribution in [2.45, 2.75) is 46.1 Å². The number of hydrogen-bond acceptors (Lipinski definition) is 5. The summed E-state index contributed by atoms with van der Waals surface area (Å²) in [4.78, 5) is 29.8. The second kappa shape index (κ2) is 9.46. The van der Waals surface area contributed by atoms with Crippen molar-refractivity contribution >= 4 is 34.5 Å². The first-order chi connectivity index (χ1) is 15.4. The van der Waals surface area contributed by atoms with Crippen molar-refractivity contribution in [2.24, 2.45) is 5.41 Å². The second-order valence-electron chi connectivity index (χ2n) is 9.05. The number of Topliss-reactive ketones (excluding diaryl/α,β-unsaturated/α-hetero) is 1. The second-order valence-corrected chi connectivity index (χ2v) is 10.0. The van der Waals surface area contributed by atoms with E-state index in [1.54, 1.807) is 16.2 Å². The van der Waals surface area contributed by atoms with E-state index < -0.39 is 6.04 Å². The number of carbonyl (C=O) groups is 2. The van der Waals surface area contributed by atoms with Crippen molar-refractivity contribution in [3.63, 3.8) is 0 Å². The normalized spacial score (nSPS) is 19.7. The van der Waals surface area contributed by atoms with Crippen LogP contribution in [-0.2, 0) is 9.53 Å². The molecular weight excluding hydrogens is 422 g/mol. The number of urea groups is 1. The van der Waals surface area contributed by atoms with E-state index in [1.807, 2.05) is 48.7 Å². The van der Waals surface area contributed by atoms with Gasteiger partial charge in [-0.2, -0.15) is 0 Å². The van der Waals surface area contributed by atoms with Crippen molar-refractivity contribution in [1.82, 2.24) is 5.32 Å². The van der Waals surface area contributed by atoms with Gasteiger partial charge in [0.05, 0.1) is 11.4 Å². The highest BCUT2D eigenvalue weighted by Gasteiger charge is 2.43. The van der Waals surface area contributed by atoms with E-state index in [2.05, 4.69) is 24.5 Å². The maximum absolute atomic E-state index is 13.6. The van der Waals surface area contributed by atoms with Gasteiger partial charge in [0.15, 0.2) is 5.78 Å². The van der Waals surface area contributed by atoms with Crippen LogP contribution >= 0.6 is 11.3 Å². The van der Waals surface area contributed by atoms with Crippen molar-refractivity contribution in [3.8, 4) is 0 Å². The topological polar surface area (TPSA) is 70.7 Å². The number of amides is 2. The molecular formula is C25H31N3O3S. The van der Waals surface area contributed by atoms with Crippen LogP contribution in [0.15, 0.2) is 53.0 Å². The number of nitrogens with zero attached hydrogens (tertiary/aromatic N) is 1. The van der Waals surface area contributed by atoms with E-state index >= 15 is 0 Å². The number of carbonyl (C=O) groups excluding carboxylic acids is 2. The zero-order valence-electron chi connectivity index (χ0n) is 18.9. The zero-order chi connectivity index (χ0) is 22.7. The van der Waals surface area contributed by atoms with Gasteiger partial charge < -0.3 is 15.4 Å². The molecule has 2 aromatic rings. The molecule has 1 aliphatic carbocycles. The van der Waals surface area contributed by atoms with Crippen LogP contribution in [0.3, 0.4) is 0 Å². The molecule has 0 saturated heterocycles. The highest BCUT2D eigenvalue weighted by molar-refractivity contribution is 7.10. The van der Waals surface area contributed by atoms with Gasteiger partial charge in [0.1, 0.15) is 6.04 Å². The van der Waals surface area contributed by atoms with E-state index in [0.717, 1.165) is 34.8 Å². The van der Waals surface area contributed by atoms with Crippen LogP contribution in [0.25, 0.3) is 0 Å². The first kappa shape index (κ1) is 22.6. The number of hydrogen-bond donors (Lipinski definition) is 2. The van der Waals surface area contributed by atoms with E-state index in [9.17, 15) is 9.59 Å². The molecule has 1 atom stereocenters. The van der Waals surface area contributed by atoms with Crippen LogP contribution in [0.5, 0.6) is 0 Å². The summed E-state index contributed by atoms with van der Waals surface area (Å²) in [6.45, 7) is 7.97. The third kappa shape index (κ3) is 4.59. The number of benzene rings is 1. The minimum atomic E-state index is -0.461. The van der Waals surface area contributed by atoms with E-state index in [-0.39, 0.29) is 17.2 Å². The lowest BCUT2D eigenvalue weighted by Gasteiger charge is -2.36. The summed E-state index contributed by atoms with van der Waals surface area (Å²) in [5.74, 6) is 0.101. The Labute approximate surface area is 193 Å². The molecule has 0 spiro atoms. The summed E-state index contributed by atoms with van der Waals surface area (Å²) in [5.41, 5.74) is 3.10. The Morgan fingerprint density at radius 3 is 2.81 bits per heavy atom. The van der Waals surface area contributed by atoms with Crippen LogP contribution in [0.2, 0.25) is 0 Å². The van der Waals surface area contributed by atoms with Gasteiger partial charge in [-0.05, 0) is 48.8 Å². The number of thiophene rings is 1. The molecule has 1 aromatic carbocycles. The summed E-state index contributed by atoms with van der Waals surface area (Å²) in [6.07, 6.45) is 1.96. The molecule has 6 nitrogen and oxygen atoms in total. The number of para-hydroxylation sites is 2. The monoisotopic (exact) mass is 453 g/mol. The Kier molecular flexibility index (Phi) is 6.67. The minimum Gasteiger partial charge on any atom is -0.382 e. The van der Waals surface area contributed by atoms with Crippen molar-refractivity contribution in [1.29, 1.82) is 0 Å². The van der Waals surface area contributed by atoms with Gasteiger partial charge in [0, 0.05) is 42.3 Å². The molecule has 1 aromatic heterocycles. The van der Waals surface area contributed by atoms with Crippen molar-refractivity contribution < 1.29 is 14.3 Å². The molecule has 1 unspecified atom stereocenters. The minimum absolute atomic E-state index is 0.101. The average Bonchev–Trinajstić information content (AvgIpc) is 3.22. The Morgan fingerprint density at radius 1 is 1.25 bits per heavy atom. The smallest absolute Gasteiger partial charge is 0.322 e. The number of anilines is 2. The SMILES string of the molecule is CCOCCCNC(=O)N1c2ccccc2NC2=C(C(=O)CC(C)(C)C2)C1c1cccs1. The first-order valence-corrected chi connectivity index (χ1v) is 12.1.